The Morgan fingerprint density at radius 3 is 2.75 bits per heavy atom. The van der Waals surface area contributed by atoms with E-state index in [0.717, 1.165) is 25.9 Å². The second-order valence-corrected chi connectivity index (χ2v) is 6.22. The highest BCUT2D eigenvalue weighted by Crippen LogP contribution is 2.32. The fourth-order valence-electron chi connectivity index (χ4n) is 3.27. The highest BCUT2D eigenvalue weighted by molar-refractivity contribution is 5.26. The molecule has 1 aromatic carbocycles. The average Bonchev–Trinajstić information content (AvgIpc) is 2.88. The quantitative estimate of drug-likeness (QED) is 0.868. The Hall–Kier alpha value is -0.900. The molecule has 2 rings (SSSR count). The maximum Gasteiger partial charge on any atom is 0.0552 e. The van der Waals surface area contributed by atoms with Crippen LogP contribution >= 0.6 is 0 Å². The first-order valence-electron chi connectivity index (χ1n) is 7.77. The highest BCUT2D eigenvalue weighted by Gasteiger charge is 2.33. The Balaban J connectivity index is 2.21. The molecule has 3 N–H and O–H groups in total. The van der Waals surface area contributed by atoms with E-state index in [0.29, 0.717) is 5.92 Å². The van der Waals surface area contributed by atoms with Crippen molar-refractivity contribution in [1.29, 1.82) is 0 Å². The van der Waals surface area contributed by atoms with Gasteiger partial charge in [-0.3, -0.25) is 4.90 Å². The van der Waals surface area contributed by atoms with Crippen LogP contribution in [0.4, 0.5) is 0 Å². The van der Waals surface area contributed by atoms with E-state index in [2.05, 4.69) is 43.0 Å². The summed E-state index contributed by atoms with van der Waals surface area (Å²) < 4.78 is 0. The number of nitrogens with two attached hydrogens (primary N) is 1. The lowest BCUT2D eigenvalue weighted by atomic mass is 9.95. The zero-order valence-electron chi connectivity index (χ0n) is 12.9. The second-order valence-electron chi connectivity index (χ2n) is 6.22. The molecule has 1 fully saturated rings. The third kappa shape index (κ3) is 3.40. The number of benzene rings is 1. The fourth-order valence-corrected chi connectivity index (χ4v) is 3.27. The number of hydrogen-bond donors (Lipinski definition) is 2. The fraction of sp³-hybridized carbons (Fsp3) is 0.647. The van der Waals surface area contributed by atoms with Gasteiger partial charge in [-0.1, -0.05) is 36.8 Å². The van der Waals surface area contributed by atoms with Crippen molar-refractivity contribution in [3.05, 3.63) is 35.4 Å². The summed E-state index contributed by atoms with van der Waals surface area (Å²) in [5.41, 5.74) is 8.99. The Morgan fingerprint density at radius 2 is 2.20 bits per heavy atom. The topological polar surface area (TPSA) is 49.5 Å². The largest absolute Gasteiger partial charge is 0.393 e. The highest BCUT2D eigenvalue weighted by atomic mass is 16.3. The van der Waals surface area contributed by atoms with Crippen molar-refractivity contribution in [1.82, 2.24) is 4.90 Å². The third-order valence-corrected chi connectivity index (χ3v) is 4.59. The van der Waals surface area contributed by atoms with E-state index >= 15 is 0 Å². The molecule has 1 heterocycles. The molecular formula is C17H28N2O. The van der Waals surface area contributed by atoms with Gasteiger partial charge in [0.25, 0.3) is 0 Å². The van der Waals surface area contributed by atoms with E-state index in [-0.39, 0.29) is 18.2 Å². The third-order valence-electron chi connectivity index (χ3n) is 4.59. The Bertz CT molecular complexity index is 433. The number of nitrogens with zero attached hydrogens (tertiary/aromatic N) is 1. The molecule has 0 amide bonds. The van der Waals surface area contributed by atoms with Gasteiger partial charge in [-0.25, -0.2) is 0 Å². The first-order chi connectivity index (χ1) is 9.52. The second kappa shape index (κ2) is 6.70. The zero-order valence-corrected chi connectivity index (χ0v) is 12.9. The van der Waals surface area contributed by atoms with Gasteiger partial charge in [0, 0.05) is 18.6 Å². The molecule has 0 aliphatic carbocycles. The van der Waals surface area contributed by atoms with Crippen molar-refractivity contribution in [2.75, 3.05) is 13.1 Å². The van der Waals surface area contributed by atoms with E-state index in [9.17, 15) is 5.11 Å². The molecule has 0 bridgehead atoms. The maximum absolute atomic E-state index is 9.80. The smallest absolute Gasteiger partial charge is 0.0552 e. The van der Waals surface area contributed by atoms with Crippen molar-refractivity contribution >= 4 is 0 Å². The predicted octanol–water partition coefficient (Wildman–Crippen LogP) is 2.48. The van der Waals surface area contributed by atoms with Gasteiger partial charge in [0.15, 0.2) is 0 Å². The summed E-state index contributed by atoms with van der Waals surface area (Å²) in [5, 5.41) is 9.80. The van der Waals surface area contributed by atoms with Crippen molar-refractivity contribution < 1.29 is 5.11 Å². The first kappa shape index (κ1) is 15.5. The molecule has 1 saturated heterocycles. The van der Waals surface area contributed by atoms with E-state index in [1.807, 2.05) is 6.92 Å². The van der Waals surface area contributed by atoms with Crippen molar-refractivity contribution in [2.24, 2.45) is 11.7 Å². The molecule has 0 aromatic heterocycles. The number of aryl methyl sites for hydroxylation is 1. The molecule has 0 saturated carbocycles. The minimum absolute atomic E-state index is 0.143. The van der Waals surface area contributed by atoms with Gasteiger partial charge in [0.1, 0.15) is 0 Å². The number of rotatable bonds is 5. The van der Waals surface area contributed by atoms with Gasteiger partial charge in [-0.15, -0.1) is 0 Å². The van der Waals surface area contributed by atoms with Crippen molar-refractivity contribution in [3.63, 3.8) is 0 Å². The van der Waals surface area contributed by atoms with Gasteiger partial charge < -0.3 is 10.8 Å². The van der Waals surface area contributed by atoms with Crippen LogP contribution in [0.2, 0.25) is 0 Å². The molecule has 4 atom stereocenters. The Kier molecular flexibility index (Phi) is 5.19. The van der Waals surface area contributed by atoms with Crippen LogP contribution in [0, 0.1) is 12.8 Å². The Morgan fingerprint density at radius 1 is 1.45 bits per heavy atom. The van der Waals surface area contributed by atoms with E-state index < -0.39 is 0 Å². The van der Waals surface area contributed by atoms with E-state index in [1.165, 1.54) is 11.1 Å². The standard InChI is InChI=1S/C17H28N2O/c1-4-16(18)17(14-7-5-6-12(2)10-14)19-9-8-15(11-19)13(3)20/h5-7,10,13,15-17,20H,4,8-9,11,18H2,1-3H3. The molecule has 1 aliphatic heterocycles. The van der Waals surface area contributed by atoms with Crippen LogP contribution in [0.25, 0.3) is 0 Å². The maximum atomic E-state index is 9.80. The summed E-state index contributed by atoms with van der Waals surface area (Å²) in [4.78, 5) is 2.46. The minimum atomic E-state index is -0.226. The summed E-state index contributed by atoms with van der Waals surface area (Å²) in [7, 11) is 0. The summed E-state index contributed by atoms with van der Waals surface area (Å²) in [6, 6.07) is 9.08. The lowest BCUT2D eigenvalue weighted by Gasteiger charge is -2.33. The normalized spacial score (nSPS) is 24.6. The molecule has 112 valence electrons. The van der Waals surface area contributed by atoms with Crippen LogP contribution < -0.4 is 5.73 Å². The lowest BCUT2D eigenvalue weighted by molar-refractivity contribution is 0.118. The molecule has 20 heavy (non-hydrogen) atoms. The van der Waals surface area contributed by atoms with Crippen LogP contribution in [0.1, 0.15) is 43.9 Å². The molecule has 3 nitrogen and oxygen atoms in total. The molecule has 1 aliphatic rings. The number of likely N-dealkylation sites (tertiary alicyclic amines) is 1. The SMILES string of the molecule is CCC(N)C(c1cccc(C)c1)N1CCC(C(C)O)C1. The van der Waals surface area contributed by atoms with Crippen LogP contribution in [0.15, 0.2) is 24.3 Å². The first-order valence-corrected chi connectivity index (χ1v) is 7.77. The van der Waals surface area contributed by atoms with E-state index in [1.54, 1.807) is 0 Å². The zero-order chi connectivity index (χ0) is 14.7. The summed E-state index contributed by atoms with van der Waals surface area (Å²) in [5.74, 6) is 0.381. The average molecular weight is 276 g/mol. The minimum Gasteiger partial charge on any atom is -0.393 e. The van der Waals surface area contributed by atoms with Gasteiger partial charge in [-0.2, -0.15) is 0 Å². The predicted molar refractivity (Wildman–Crippen MR) is 83.5 cm³/mol. The monoisotopic (exact) mass is 276 g/mol. The Labute approximate surface area is 122 Å². The van der Waals surface area contributed by atoms with Crippen LogP contribution in [-0.2, 0) is 0 Å². The number of aliphatic hydroxyl groups excluding tert-OH is 1. The van der Waals surface area contributed by atoms with E-state index in [4.69, 9.17) is 5.73 Å². The lowest BCUT2D eigenvalue weighted by Crippen LogP contribution is -2.40. The van der Waals surface area contributed by atoms with Gasteiger partial charge in [0.05, 0.1) is 6.10 Å². The molecule has 3 heteroatoms. The molecular weight excluding hydrogens is 248 g/mol. The summed E-state index contributed by atoms with van der Waals surface area (Å²) in [6.45, 7) is 8.15. The summed E-state index contributed by atoms with van der Waals surface area (Å²) in [6.07, 6.45) is 1.81. The molecule has 1 aromatic rings. The molecule has 0 spiro atoms. The van der Waals surface area contributed by atoms with Crippen molar-refractivity contribution in [2.45, 2.75) is 51.8 Å². The molecule has 4 unspecified atom stereocenters. The van der Waals surface area contributed by atoms with Gasteiger partial charge in [-0.05, 0) is 44.7 Å². The van der Waals surface area contributed by atoms with Gasteiger partial charge in [0.2, 0.25) is 0 Å². The molecule has 0 radical (unpaired) electrons. The van der Waals surface area contributed by atoms with Crippen LogP contribution in [-0.4, -0.2) is 35.2 Å². The van der Waals surface area contributed by atoms with Gasteiger partial charge >= 0.3 is 0 Å². The number of hydrogen-bond acceptors (Lipinski definition) is 3. The van der Waals surface area contributed by atoms with Crippen LogP contribution in [0.5, 0.6) is 0 Å². The number of aliphatic hydroxyl groups is 1. The van der Waals surface area contributed by atoms with Crippen LogP contribution in [0.3, 0.4) is 0 Å². The van der Waals surface area contributed by atoms with Crippen molar-refractivity contribution in [3.8, 4) is 0 Å². The summed E-state index contributed by atoms with van der Waals surface area (Å²) >= 11 is 0.